The molecule has 0 fully saturated rings. The summed E-state index contributed by atoms with van der Waals surface area (Å²) in [4.78, 5) is -0.280. The van der Waals surface area contributed by atoms with E-state index in [1.165, 1.54) is 36.4 Å². The predicted molar refractivity (Wildman–Crippen MR) is 121 cm³/mol. The van der Waals surface area contributed by atoms with Crippen molar-refractivity contribution in [3.63, 3.8) is 0 Å². The molecule has 2 aromatic carbocycles. The number of hydrogen-bond acceptors (Lipinski definition) is 7. The van der Waals surface area contributed by atoms with E-state index in [2.05, 4.69) is 9.44 Å². The molecule has 8 nitrogen and oxygen atoms in total. The van der Waals surface area contributed by atoms with Gasteiger partial charge in [0.1, 0.15) is 4.21 Å². The van der Waals surface area contributed by atoms with Gasteiger partial charge in [-0.2, -0.15) is 0 Å². The van der Waals surface area contributed by atoms with Crippen LogP contribution >= 0.6 is 34.5 Å². The van der Waals surface area contributed by atoms with Crippen molar-refractivity contribution in [1.82, 2.24) is 0 Å². The summed E-state index contributed by atoms with van der Waals surface area (Å²) in [5.74, 6) is -0.518. The number of sulfonamides is 2. The molecule has 166 valence electrons. The quantitative estimate of drug-likeness (QED) is 0.415. The van der Waals surface area contributed by atoms with Crippen LogP contribution in [0, 0.1) is 0 Å². The van der Waals surface area contributed by atoms with Crippen LogP contribution in [0.3, 0.4) is 0 Å². The zero-order valence-electron chi connectivity index (χ0n) is 15.2. The van der Waals surface area contributed by atoms with Crippen LogP contribution in [0.2, 0.25) is 10.0 Å². The van der Waals surface area contributed by atoms with E-state index >= 15 is 0 Å². The standard InChI is InChI=1S/C17H14Cl2N2O6S4/c18-12-8-14(15(9-13(12)19)21-31(26,27)17-6-3-7-28-17)20-30(24,25)16-5-2-1-4-11(16)10-29(22)23/h1-9,20-21H,10H2,(H,22,23)/p-1. The third kappa shape index (κ3) is 5.77. The maximum Gasteiger partial charge on any atom is 0.271 e. The summed E-state index contributed by atoms with van der Waals surface area (Å²) in [6.07, 6.45) is 0. The lowest BCUT2D eigenvalue weighted by atomic mass is 10.2. The van der Waals surface area contributed by atoms with Gasteiger partial charge < -0.3 is 4.55 Å². The zero-order valence-corrected chi connectivity index (χ0v) is 20.0. The largest absolute Gasteiger partial charge is 0.772 e. The Morgan fingerprint density at radius 2 is 1.48 bits per heavy atom. The molecule has 14 heteroatoms. The lowest BCUT2D eigenvalue weighted by molar-refractivity contribution is 0.535. The Hall–Kier alpha value is -1.67. The molecule has 0 spiro atoms. The second-order valence-electron chi connectivity index (χ2n) is 6.01. The van der Waals surface area contributed by atoms with Gasteiger partial charge in [0.25, 0.3) is 20.0 Å². The molecule has 0 aliphatic carbocycles. The second-order valence-corrected chi connectivity index (χ2v) is 12.2. The van der Waals surface area contributed by atoms with E-state index in [4.69, 9.17) is 23.2 Å². The summed E-state index contributed by atoms with van der Waals surface area (Å²) in [5.41, 5.74) is -0.298. The smallest absolute Gasteiger partial charge is 0.271 e. The van der Waals surface area contributed by atoms with Crippen LogP contribution in [0.5, 0.6) is 0 Å². The zero-order chi connectivity index (χ0) is 22.8. The lowest BCUT2D eigenvalue weighted by Gasteiger charge is -2.17. The topological polar surface area (TPSA) is 132 Å². The minimum Gasteiger partial charge on any atom is -0.772 e. The van der Waals surface area contributed by atoms with E-state index in [9.17, 15) is 25.6 Å². The number of halogens is 2. The van der Waals surface area contributed by atoms with Gasteiger partial charge in [0, 0.05) is 5.75 Å². The fourth-order valence-corrected chi connectivity index (χ4v) is 6.84. The summed E-state index contributed by atoms with van der Waals surface area (Å²) in [6, 6.07) is 10.8. The number of thiophene rings is 1. The summed E-state index contributed by atoms with van der Waals surface area (Å²) >= 11 is 10.5. The molecule has 0 saturated heterocycles. The third-order valence-electron chi connectivity index (χ3n) is 3.84. The normalized spacial score (nSPS) is 13.0. The Morgan fingerprint density at radius 1 is 0.903 bits per heavy atom. The van der Waals surface area contributed by atoms with E-state index in [0.29, 0.717) is 0 Å². The summed E-state index contributed by atoms with van der Waals surface area (Å²) < 4.78 is 77.9. The highest BCUT2D eigenvalue weighted by Gasteiger charge is 2.23. The third-order valence-corrected chi connectivity index (χ3v) is 9.34. The molecule has 0 radical (unpaired) electrons. The van der Waals surface area contributed by atoms with Gasteiger partial charge >= 0.3 is 0 Å². The van der Waals surface area contributed by atoms with Crippen LogP contribution in [-0.4, -0.2) is 25.6 Å². The number of benzene rings is 2. The molecule has 0 aliphatic rings. The number of nitrogens with one attached hydrogen (secondary N) is 2. The average molecular weight is 540 g/mol. The number of hydrogen-bond donors (Lipinski definition) is 2. The van der Waals surface area contributed by atoms with Gasteiger partial charge in [-0.3, -0.25) is 13.7 Å². The Labute approximate surface area is 195 Å². The molecule has 3 aromatic rings. The van der Waals surface area contributed by atoms with E-state index in [1.807, 2.05) is 0 Å². The molecule has 1 aromatic heterocycles. The fraction of sp³-hybridized carbons (Fsp3) is 0.0588. The highest BCUT2D eigenvalue weighted by molar-refractivity contribution is 7.94. The van der Waals surface area contributed by atoms with Crippen molar-refractivity contribution >= 4 is 77.0 Å². The van der Waals surface area contributed by atoms with Gasteiger partial charge in [0.15, 0.2) is 0 Å². The second kappa shape index (κ2) is 9.45. The molecule has 0 aliphatic heterocycles. The van der Waals surface area contributed by atoms with E-state index in [-0.39, 0.29) is 36.1 Å². The van der Waals surface area contributed by atoms with E-state index < -0.39 is 36.9 Å². The van der Waals surface area contributed by atoms with Crippen molar-refractivity contribution < 1.29 is 25.6 Å². The minimum atomic E-state index is -4.31. The number of rotatable bonds is 8. The SMILES string of the molecule is O=S([O-])Cc1ccccc1S(=O)(=O)Nc1cc(Cl)c(Cl)cc1NS(=O)(=O)c1cccs1. The van der Waals surface area contributed by atoms with Crippen molar-refractivity contribution in [1.29, 1.82) is 0 Å². The predicted octanol–water partition coefficient (Wildman–Crippen LogP) is 4.04. The Morgan fingerprint density at radius 3 is 2.03 bits per heavy atom. The molecule has 0 saturated carbocycles. The van der Waals surface area contributed by atoms with Crippen molar-refractivity contribution in [2.24, 2.45) is 0 Å². The Balaban J connectivity index is 2.04. The molecular weight excluding hydrogens is 527 g/mol. The summed E-state index contributed by atoms with van der Waals surface area (Å²) in [7, 11) is -8.32. The van der Waals surface area contributed by atoms with E-state index in [1.54, 1.807) is 11.4 Å². The highest BCUT2D eigenvalue weighted by atomic mass is 35.5. The Bertz CT molecular complexity index is 1340. The molecule has 31 heavy (non-hydrogen) atoms. The maximum atomic E-state index is 13.0. The average Bonchev–Trinajstić information content (AvgIpc) is 3.21. The molecule has 1 unspecified atom stereocenters. The van der Waals surface area contributed by atoms with Gasteiger partial charge in [-0.1, -0.05) is 58.5 Å². The molecule has 3 rings (SSSR count). The van der Waals surface area contributed by atoms with Gasteiger partial charge in [-0.25, -0.2) is 16.8 Å². The van der Waals surface area contributed by atoms with Crippen LogP contribution in [-0.2, 0) is 36.9 Å². The van der Waals surface area contributed by atoms with Crippen LogP contribution in [0.1, 0.15) is 5.56 Å². The molecule has 0 amide bonds. The van der Waals surface area contributed by atoms with E-state index in [0.717, 1.165) is 17.4 Å². The molecule has 2 N–H and O–H groups in total. The van der Waals surface area contributed by atoms with Crippen molar-refractivity contribution in [2.45, 2.75) is 14.9 Å². The van der Waals surface area contributed by atoms with Crippen LogP contribution in [0.4, 0.5) is 11.4 Å². The van der Waals surface area contributed by atoms with Gasteiger partial charge in [-0.05, 0) is 35.2 Å². The molecule has 1 atom stereocenters. The van der Waals surface area contributed by atoms with Crippen molar-refractivity contribution in [2.75, 3.05) is 9.44 Å². The van der Waals surface area contributed by atoms with Gasteiger partial charge in [0.05, 0.1) is 26.3 Å². The number of anilines is 2. The monoisotopic (exact) mass is 539 g/mol. The van der Waals surface area contributed by atoms with Crippen molar-refractivity contribution in [3.05, 3.63) is 69.5 Å². The molecule has 0 bridgehead atoms. The van der Waals surface area contributed by atoms with Gasteiger partial charge in [0.2, 0.25) is 0 Å². The highest BCUT2D eigenvalue weighted by Crippen LogP contribution is 2.36. The lowest BCUT2D eigenvalue weighted by Crippen LogP contribution is -2.18. The first kappa shape index (κ1) is 24.0. The van der Waals surface area contributed by atoms with Crippen LogP contribution in [0.15, 0.2) is 63.0 Å². The van der Waals surface area contributed by atoms with Crippen LogP contribution in [0.25, 0.3) is 0 Å². The van der Waals surface area contributed by atoms with Crippen LogP contribution < -0.4 is 9.44 Å². The summed E-state index contributed by atoms with van der Waals surface area (Å²) in [6.45, 7) is 0. The molecule has 1 heterocycles. The minimum absolute atomic E-state index is 0.00403. The first-order chi connectivity index (χ1) is 14.5. The maximum absolute atomic E-state index is 13.0. The molecular formula is C17H13Cl2N2O6S4-. The van der Waals surface area contributed by atoms with Gasteiger partial charge in [-0.15, -0.1) is 11.3 Å². The Kier molecular flexibility index (Phi) is 7.31. The fourth-order valence-electron chi connectivity index (χ4n) is 2.54. The van der Waals surface area contributed by atoms with Crippen molar-refractivity contribution in [3.8, 4) is 0 Å². The summed E-state index contributed by atoms with van der Waals surface area (Å²) in [5, 5.41) is 1.55. The first-order valence-electron chi connectivity index (χ1n) is 8.21. The first-order valence-corrected chi connectivity index (χ1v) is 14.1.